The van der Waals surface area contributed by atoms with E-state index in [0.717, 1.165) is 37.1 Å². The Morgan fingerprint density at radius 2 is 2.23 bits per heavy atom. The fourth-order valence-corrected chi connectivity index (χ4v) is 5.40. The van der Waals surface area contributed by atoms with Crippen LogP contribution >= 0.6 is 11.3 Å². The molecule has 1 fully saturated rings. The van der Waals surface area contributed by atoms with Crippen molar-refractivity contribution in [1.29, 1.82) is 0 Å². The van der Waals surface area contributed by atoms with Crippen molar-refractivity contribution in [1.82, 2.24) is 10.3 Å². The average molecular weight is 341 g/mol. The van der Waals surface area contributed by atoms with Crippen molar-refractivity contribution in [2.45, 2.75) is 29.6 Å². The van der Waals surface area contributed by atoms with Crippen LogP contribution in [0.15, 0.2) is 22.5 Å². The molecule has 7 nitrogen and oxygen atoms in total. The van der Waals surface area contributed by atoms with E-state index >= 15 is 0 Å². The maximum atomic E-state index is 12.5. The molecule has 0 radical (unpaired) electrons. The summed E-state index contributed by atoms with van der Waals surface area (Å²) in [6, 6.07) is 4.17. The third-order valence-corrected chi connectivity index (χ3v) is 6.97. The number of piperidine rings is 1. The largest absolute Gasteiger partial charge is 0.313 e. The number of sulfone groups is 1. The molecule has 1 N–H and O–H groups in total. The van der Waals surface area contributed by atoms with Gasteiger partial charge in [0.15, 0.2) is 0 Å². The van der Waals surface area contributed by atoms with Crippen LogP contribution in [-0.2, 0) is 9.84 Å². The van der Waals surface area contributed by atoms with Crippen LogP contribution in [-0.4, -0.2) is 36.7 Å². The smallest absolute Gasteiger partial charge is 0.271 e. The summed E-state index contributed by atoms with van der Waals surface area (Å²) in [6.07, 6.45) is 2.94. The molecule has 2 heterocycles. The molecule has 1 aliphatic rings. The molecule has 0 unspecified atom stereocenters. The van der Waals surface area contributed by atoms with Crippen LogP contribution in [0.25, 0.3) is 10.2 Å². The number of hydrogen-bond acceptors (Lipinski definition) is 7. The lowest BCUT2D eigenvalue weighted by Gasteiger charge is -2.22. The Kier molecular flexibility index (Phi) is 4.11. The first kappa shape index (κ1) is 15.3. The Morgan fingerprint density at radius 3 is 2.91 bits per heavy atom. The van der Waals surface area contributed by atoms with Crippen molar-refractivity contribution in [2.24, 2.45) is 0 Å². The normalized spacial score (nSPS) is 19.4. The van der Waals surface area contributed by atoms with Gasteiger partial charge in [-0.05, 0) is 25.5 Å². The number of nitrogens with one attached hydrogen (secondary N) is 1. The van der Waals surface area contributed by atoms with Gasteiger partial charge in [-0.1, -0.05) is 6.42 Å². The molecule has 1 aromatic heterocycles. The van der Waals surface area contributed by atoms with E-state index in [9.17, 15) is 18.5 Å². The van der Waals surface area contributed by atoms with Crippen LogP contribution in [0.2, 0.25) is 0 Å². The second-order valence-corrected chi connectivity index (χ2v) is 8.56. The fraction of sp³-hybridized carbons (Fsp3) is 0.462. The van der Waals surface area contributed by atoms with Gasteiger partial charge in [0.05, 0.1) is 20.9 Å². The number of benzene rings is 1. The summed E-state index contributed by atoms with van der Waals surface area (Å²) in [5.74, 6) is 0.0227. The first-order valence-electron chi connectivity index (χ1n) is 6.97. The van der Waals surface area contributed by atoms with Crippen LogP contribution < -0.4 is 5.32 Å². The lowest BCUT2D eigenvalue weighted by molar-refractivity contribution is -0.384. The summed E-state index contributed by atoms with van der Waals surface area (Å²) < 4.78 is 25.6. The lowest BCUT2D eigenvalue weighted by Crippen LogP contribution is -2.39. The van der Waals surface area contributed by atoms with Crippen LogP contribution in [0.1, 0.15) is 19.3 Å². The predicted octanol–water partition coefficient (Wildman–Crippen LogP) is 2.12. The van der Waals surface area contributed by atoms with Gasteiger partial charge in [-0.3, -0.25) is 10.1 Å². The highest BCUT2D eigenvalue weighted by Gasteiger charge is 2.26. The molecule has 118 valence electrons. The summed E-state index contributed by atoms with van der Waals surface area (Å²) in [5.41, 5.74) is 0.269. The van der Waals surface area contributed by atoms with Gasteiger partial charge >= 0.3 is 0 Å². The Bertz CT molecular complexity index is 810. The monoisotopic (exact) mass is 341 g/mol. The van der Waals surface area contributed by atoms with E-state index in [1.54, 1.807) is 6.07 Å². The van der Waals surface area contributed by atoms with E-state index in [0.29, 0.717) is 10.2 Å². The van der Waals surface area contributed by atoms with Gasteiger partial charge in [0.2, 0.25) is 14.2 Å². The first-order chi connectivity index (χ1) is 10.5. The molecule has 9 heteroatoms. The SMILES string of the molecule is O=[N+]([O-])c1ccc2sc(S(=O)(=O)C[C@H]3CCCCN3)nc2c1. The Balaban J connectivity index is 1.89. The summed E-state index contributed by atoms with van der Waals surface area (Å²) in [4.78, 5) is 14.3. The molecule has 0 spiro atoms. The highest BCUT2D eigenvalue weighted by atomic mass is 32.2. The van der Waals surface area contributed by atoms with Gasteiger partial charge < -0.3 is 5.32 Å². The van der Waals surface area contributed by atoms with E-state index in [1.807, 2.05) is 0 Å². The minimum atomic E-state index is -3.48. The van der Waals surface area contributed by atoms with Crippen molar-refractivity contribution in [2.75, 3.05) is 12.3 Å². The summed E-state index contributed by atoms with van der Waals surface area (Å²) in [5, 5.41) is 14.0. The number of fused-ring (bicyclic) bond motifs is 1. The van der Waals surface area contributed by atoms with Gasteiger partial charge in [-0.25, -0.2) is 13.4 Å². The lowest BCUT2D eigenvalue weighted by atomic mass is 10.1. The number of nitro benzene ring substituents is 1. The Morgan fingerprint density at radius 1 is 1.41 bits per heavy atom. The molecule has 3 rings (SSSR count). The van der Waals surface area contributed by atoms with Gasteiger partial charge in [-0.15, -0.1) is 11.3 Å². The highest BCUT2D eigenvalue weighted by molar-refractivity contribution is 7.93. The standard InChI is InChI=1S/C13H15N3O4S2/c17-16(18)10-4-5-12-11(7-10)15-13(21-12)22(19,20)8-9-3-1-2-6-14-9/h4-5,7,9,14H,1-3,6,8H2/t9-/m1/s1. The molecule has 1 aromatic carbocycles. The third-order valence-electron chi connectivity index (χ3n) is 3.66. The third kappa shape index (κ3) is 3.11. The van der Waals surface area contributed by atoms with Crippen molar-refractivity contribution >= 4 is 37.1 Å². The van der Waals surface area contributed by atoms with Gasteiger partial charge in [0, 0.05) is 18.2 Å². The Hall–Kier alpha value is -1.58. The summed E-state index contributed by atoms with van der Waals surface area (Å²) in [7, 11) is -3.48. The second-order valence-electron chi connectivity index (χ2n) is 5.32. The molecule has 2 aromatic rings. The number of rotatable bonds is 4. The van der Waals surface area contributed by atoms with E-state index in [1.165, 1.54) is 12.1 Å². The molecule has 22 heavy (non-hydrogen) atoms. The number of hydrogen-bond donors (Lipinski definition) is 1. The van der Waals surface area contributed by atoms with E-state index in [2.05, 4.69) is 10.3 Å². The van der Waals surface area contributed by atoms with E-state index in [-0.39, 0.29) is 21.8 Å². The molecule has 0 saturated carbocycles. The predicted molar refractivity (Wildman–Crippen MR) is 84.0 cm³/mol. The van der Waals surface area contributed by atoms with E-state index in [4.69, 9.17) is 0 Å². The number of nitro groups is 1. The van der Waals surface area contributed by atoms with Crippen molar-refractivity contribution in [3.63, 3.8) is 0 Å². The first-order valence-corrected chi connectivity index (χ1v) is 9.44. The van der Waals surface area contributed by atoms with Gasteiger partial charge in [-0.2, -0.15) is 0 Å². The fourth-order valence-electron chi connectivity index (χ4n) is 2.54. The van der Waals surface area contributed by atoms with Gasteiger partial charge in [0.25, 0.3) is 5.69 Å². The number of thiazole rings is 1. The van der Waals surface area contributed by atoms with Crippen molar-refractivity contribution in [3.05, 3.63) is 28.3 Å². The quantitative estimate of drug-likeness (QED) is 0.675. The maximum Gasteiger partial charge on any atom is 0.271 e. The van der Waals surface area contributed by atoms with Crippen LogP contribution in [0.3, 0.4) is 0 Å². The van der Waals surface area contributed by atoms with Crippen LogP contribution in [0.4, 0.5) is 5.69 Å². The van der Waals surface area contributed by atoms with E-state index < -0.39 is 14.8 Å². The van der Waals surface area contributed by atoms with Crippen LogP contribution in [0.5, 0.6) is 0 Å². The molecule has 1 aliphatic heterocycles. The molecular formula is C13H15N3O4S2. The summed E-state index contributed by atoms with van der Waals surface area (Å²) in [6.45, 7) is 0.840. The highest BCUT2D eigenvalue weighted by Crippen LogP contribution is 2.29. The average Bonchev–Trinajstić information content (AvgIpc) is 2.91. The minimum Gasteiger partial charge on any atom is -0.313 e. The summed E-state index contributed by atoms with van der Waals surface area (Å²) >= 11 is 1.06. The Labute approximate surface area is 131 Å². The minimum absolute atomic E-state index is 0.0227. The van der Waals surface area contributed by atoms with Crippen LogP contribution in [0, 0.1) is 10.1 Å². The molecular weight excluding hydrogens is 326 g/mol. The molecule has 0 amide bonds. The van der Waals surface area contributed by atoms with Gasteiger partial charge in [0.1, 0.15) is 0 Å². The molecule has 1 saturated heterocycles. The molecule has 1 atom stereocenters. The second kappa shape index (κ2) is 5.90. The maximum absolute atomic E-state index is 12.5. The zero-order valence-corrected chi connectivity index (χ0v) is 13.3. The van der Waals surface area contributed by atoms with Crippen molar-refractivity contribution < 1.29 is 13.3 Å². The number of non-ortho nitro benzene ring substituents is 1. The molecule has 0 bridgehead atoms. The number of nitrogens with zero attached hydrogens (tertiary/aromatic N) is 2. The molecule has 0 aliphatic carbocycles. The van der Waals surface area contributed by atoms with Crippen molar-refractivity contribution in [3.8, 4) is 0 Å². The number of aromatic nitrogens is 1. The zero-order chi connectivity index (χ0) is 15.7. The zero-order valence-electron chi connectivity index (χ0n) is 11.7. The topological polar surface area (TPSA) is 102 Å².